The zero-order valence-corrected chi connectivity index (χ0v) is 14.2. The lowest BCUT2D eigenvalue weighted by Crippen LogP contribution is -2.30. The highest BCUT2D eigenvalue weighted by atomic mass is 35.5. The van der Waals surface area contributed by atoms with Crippen molar-refractivity contribution in [1.29, 1.82) is 0 Å². The Kier molecular flexibility index (Phi) is 4.24. The van der Waals surface area contributed by atoms with Crippen LogP contribution in [0.2, 0.25) is 5.02 Å². The SMILES string of the molecule is Cc1nc(C)c(C(=O)N2CCSC2c2ccc(Cl)cc2)s1. The Balaban J connectivity index is 1.88. The Morgan fingerprint density at radius 1 is 1.33 bits per heavy atom. The molecular weight excluding hydrogens is 324 g/mol. The third-order valence-electron chi connectivity index (χ3n) is 3.40. The molecule has 3 nitrogen and oxygen atoms in total. The van der Waals surface area contributed by atoms with Gasteiger partial charge in [-0.3, -0.25) is 4.79 Å². The number of carbonyl (C=O) groups is 1. The normalized spacial score (nSPS) is 18.2. The Morgan fingerprint density at radius 3 is 2.67 bits per heavy atom. The summed E-state index contributed by atoms with van der Waals surface area (Å²) in [6.45, 7) is 4.61. The predicted molar refractivity (Wildman–Crippen MR) is 89.3 cm³/mol. The van der Waals surface area contributed by atoms with Gasteiger partial charge in [-0.25, -0.2) is 4.98 Å². The van der Waals surface area contributed by atoms with Crippen molar-refractivity contribution in [3.8, 4) is 0 Å². The molecule has 3 rings (SSSR count). The van der Waals surface area contributed by atoms with Gasteiger partial charge in [-0.2, -0.15) is 0 Å². The molecular formula is C15H15ClN2OS2. The summed E-state index contributed by atoms with van der Waals surface area (Å²) in [5.74, 6) is 1.04. The van der Waals surface area contributed by atoms with E-state index in [0.29, 0.717) is 5.02 Å². The molecule has 0 spiro atoms. The summed E-state index contributed by atoms with van der Waals surface area (Å²) in [5, 5.41) is 1.72. The lowest BCUT2D eigenvalue weighted by Gasteiger charge is -2.23. The number of amides is 1. The number of hydrogen-bond acceptors (Lipinski definition) is 4. The van der Waals surface area contributed by atoms with Crippen molar-refractivity contribution in [2.45, 2.75) is 19.2 Å². The van der Waals surface area contributed by atoms with Gasteiger partial charge in [0.05, 0.1) is 10.7 Å². The van der Waals surface area contributed by atoms with Crippen molar-refractivity contribution in [3.63, 3.8) is 0 Å². The van der Waals surface area contributed by atoms with E-state index in [2.05, 4.69) is 4.98 Å². The maximum atomic E-state index is 12.8. The number of halogens is 1. The third kappa shape index (κ3) is 2.96. The molecule has 0 saturated carbocycles. The van der Waals surface area contributed by atoms with Crippen molar-refractivity contribution in [2.24, 2.45) is 0 Å². The molecule has 0 radical (unpaired) electrons. The van der Waals surface area contributed by atoms with Gasteiger partial charge in [0.2, 0.25) is 0 Å². The van der Waals surface area contributed by atoms with Crippen LogP contribution in [0.4, 0.5) is 0 Å². The highest BCUT2D eigenvalue weighted by Gasteiger charge is 2.32. The van der Waals surface area contributed by atoms with Crippen molar-refractivity contribution < 1.29 is 4.79 Å². The number of benzene rings is 1. The number of aryl methyl sites for hydroxylation is 2. The van der Waals surface area contributed by atoms with Crippen LogP contribution < -0.4 is 0 Å². The second kappa shape index (κ2) is 5.99. The molecule has 0 aliphatic carbocycles. The monoisotopic (exact) mass is 338 g/mol. The standard InChI is InChI=1S/C15H15ClN2OS2/c1-9-13(21-10(2)17-9)14(19)18-7-8-20-15(18)11-3-5-12(16)6-4-11/h3-6,15H,7-8H2,1-2H3. The van der Waals surface area contributed by atoms with Crippen LogP contribution in [0.15, 0.2) is 24.3 Å². The van der Waals surface area contributed by atoms with Gasteiger partial charge in [0, 0.05) is 17.3 Å². The number of thioether (sulfide) groups is 1. The molecule has 1 aliphatic heterocycles. The lowest BCUT2D eigenvalue weighted by molar-refractivity contribution is 0.0764. The second-order valence-corrected chi connectivity index (χ2v) is 7.75. The second-order valence-electron chi connectivity index (χ2n) is 4.92. The largest absolute Gasteiger partial charge is 0.321 e. The summed E-state index contributed by atoms with van der Waals surface area (Å²) in [7, 11) is 0. The van der Waals surface area contributed by atoms with Crippen molar-refractivity contribution in [2.75, 3.05) is 12.3 Å². The van der Waals surface area contributed by atoms with Crippen LogP contribution >= 0.6 is 34.7 Å². The van der Waals surface area contributed by atoms with Crippen molar-refractivity contribution in [3.05, 3.63) is 50.4 Å². The van der Waals surface area contributed by atoms with E-state index in [9.17, 15) is 4.79 Å². The molecule has 0 N–H and O–H groups in total. The molecule has 110 valence electrons. The zero-order chi connectivity index (χ0) is 15.0. The van der Waals surface area contributed by atoms with E-state index >= 15 is 0 Å². The van der Waals surface area contributed by atoms with E-state index in [1.54, 1.807) is 11.8 Å². The molecule has 2 aromatic rings. The van der Waals surface area contributed by atoms with Crippen LogP contribution in [-0.2, 0) is 0 Å². The van der Waals surface area contributed by atoms with Gasteiger partial charge in [-0.1, -0.05) is 23.7 Å². The van der Waals surface area contributed by atoms with Gasteiger partial charge in [0.1, 0.15) is 10.3 Å². The molecule has 0 bridgehead atoms. The van der Waals surface area contributed by atoms with E-state index in [4.69, 9.17) is 11.6 Å². The molecule has 1 unspecified atom stereocenters. The summed E-state index contributed by atoms with van der Waals surface area (Å²) in [4.78, 5) is 19.8. The summed E-state index contributed by atoms with van der Waals surface area (Å²) in [6.07, 6.45) is 0. The van der Waals surface area contributed by atoms with Gasteiger partial charge >= 0.3 is 0 Å². The lowest BCUT2D eigenvalue weighted by atomic mass is 10.2. The van der Waals surface area contributed by atoms with Gasteiger partial charge in [-0.05, 0) is 31.5 Å². The first-order valence-corrected chi connectivity index (χ1v) is 8.92. The first-order valence-electron chi connectivity index (χ1n) is 6.68. The van der Waals surface area contributed by atoms with Gasteiger partial charge in [0.15, 0.2) is 0 Å². The molecule has 1 aromatic carbocycles. The first-order chi connectivity index (χ1) is 10.1. The number of carbonyl (C=O) groups excluding carboxylic acids is 1. The minimum atomic E-state index is 0.0663. The highest BCUT2D eigenvalue weighted by molar-refractivity contribution is 7.99. The van der Waals surface area contributed by atoms with E-state index in [0.717, 1.165) is 33.4 Å². The minimum absolute atomic E-state index is 0.0663. The zero-order valence-electron chi connectivity index (χ0n) is 11.8. The van der Waals surface area contributed by atoms with Gasteiger partial charge in [-0.15, -0.1) is 23.1 Å². The van der Waals surface area contributed by atoms with Crippen LogP contribution in [0.1, 0.15) is 31.3 Å². The Morgan fingerprint density at radius 2 is 2.05 bits per heavy atom. The maximum absolute atomic E-state index is 12.8. The van der Waals surface area contributed by atoms with E-state index in [1.165, 1.54) is 11.3 Å². The fourth-order valence-corrected chi connectivity index (χ4v) is 4.70. The number of thiazole rings is 1. The predicted octanol–water partition coefficient (Wildman–Crippen LogP) is 4.30. The topological polar surface area (TPSA) is 33.2 Å². The smallest absolute Gasteiger partial charge is 0.267 e. The van der Waals surface area contributed by atoms with Gasteiger partial charge < -0.3 is 4.90 Å². The summed E-state index contributed by atoms with van der Waals surface area (Å²) in [6, 6.07) is 7.74. The number of hydrogen-bond donors (Lipinski definition) is 0. The van der Waals surface area contributed by atoms with Crippen LogP contribution in [0.3, 0.4) is 0 Å². The third-order valence-corrected chi connectivity index (χ3v) is 5.98. The fourth-order valence-electron chi connectivity index (χ4n) is 2.44. The average Bonchev–Trinajstić information content (AvgIpc) is 3.05. The number of rotatable bonds is 2. The molecule has 21 heavy (non-hydrogen) atoms. The number of aromatic nitrogens is 1. The van der Waals surface area contributed by atoms with Crippen LogP contribution in [0.5, 0.6) is 0 Å². The molecule has 1 atom stereocenters. The summed E-state index contributed by atoms with van der Waals surface area (Å²) in [5.41, 5.74) is 1.95. The average molecular weight is 339 g/mol. The molecule has 1 amide bonds. The first kappa shape index (κ1) is 14.9. The molecule has 1 aliphatic rings. The van der Waals surface area contributed by atoms with Crippen LogP contribution in [0, 0.1) is 13.8 Å². The van der Waals surface area contributed by atoms with Crippen LogP contribution in [-0.4, -0.2) is 28.1 Å². The minimum Gasteiger partial charge on any atom is -0.321 e. The summed E-state index contributed by atoms with van der Waals surface area (Å²) >= 11 is 9.21. The Bertz CT molecular complexity index is 669. The molecule has 6 heteroatoms. The fraction of sp³-hybridized carbons (Fsp3) is 0.333. The summed E-state index contributed by atoms with van der Waals surface area (Å²) < 4.78 is 0. The quantitative estimate of drug-likeness (QED) is 0.818. The molecule has 1 saturated heterocycles. The highest BCUT2D eigenvalue weighted by Crippen LogP contribution is 2.39. The number of nitrogens with zero attached hydrogens (tertiary/aromatic N) is 2. The Labute approximate surface area is 137 Å². The molecule has 1 aromatic heterocycles. The van der Waals surface area contributed by atoms with Crippen LogP contribution in [0.25, 0.3) is 0 Å². The van der Waals surface area contributed by atoms with E-state index in [1.807, 2.05) is 43.0 Å². The molecule has 1 fully saturated rings. The molecule has 2 heterocycles. The van der Waals surface area contributed by atoms with E-state index < -0.39 is 0 Å². The van der Waals surface area contributed by atoms with E-state index in [-0.39, 0.29) is 11.3 Å². The maximum Gasteiger partial charge on any atom is 0.267 e. The Hall–Kier alpha value is -1.04. The van der Waals surface area contributed by atoms with Crippen molar-refractivity contribution >= 4 is 40.6 Å². The van der Waals surface area contributed by atoms with Gasteiger partial charge in [0.25, 0.3) is 5.91 Å². The van der Waals surface area contributed by atoms with Crippen molar-refractivity contribution in [1.82, 2.24) is 9.88 Å².